The molecule has 0 aromatic rings. The molecule has 0 aromatic carbocycles. The monoisotopic (exact) mass is 187 g/mol. The molecule has 0 bridgehead atoms. The fourth-order valence-electron chi connectivity index (χ4n) is 1.73. The van der Waals surface area contributed by atoms with Crippen molar-refractivity contribution in [3.05, 3.63) is 0 Å². The molecule has 4 nitrogen and oxygen atoms in total. The SMILES string of the molecule is CCC(=O)N1C[C@@H](OC)C[C@@H]1CO. The molecule has 1 rings (SSSR count). The summed E-state index contributed by atoms with van der Waals surface area (Å²) in [7, 11) is 1.64. The second-order valence-electron chi connectivity index (χ2n) is 3.33. The third-order valence-corrected chi connectivity index (χ3v) is 2.54. The first kappa shape index (κ1) is 10.5. The van der Waals surface area contributed by atoms with E-state index in [1.807, 2.05) is 6.92 Å². The Kier molecular flexibility index (Phi) is 3.69. The lowest BCUT2D eigenvalue weighted by atomic mass is 10.2. The minimum atomic E-state index is -0.0441. The van der Waals surface area contributed by atoms with Crippen molar-refractivity contribution in [3.8, 4) is 0 Å². The molecule has 1 fully saturated rings. The number of carbonyl (C=O) groups excluding carboxylic acids is 1. The number of ether oxygens (including phenoxy) is 1. The van der Waals surface area contributed by atoms with Gasteiger partial charge in [0.2, 0.25) is 5.91 Å². The maximum absolute atomic E-state index is 11.4. The fraction of sp³-hybridized carbons (Fsp3) is 0.889. The van der Waals surface area contributed by atoms with Crippen molar-refractivity contribution in [1.82, 2.24) is 4.90 Å². The molecule has 1 saturated heterocycles. The Bertz CT molecular complexity index is 184. The molecule has 0 aliphatic carbocycles. The molecule has 0 spiro atoms. The van der Waals surface area contributed by atoms with Gasteiger partial charge >= 0.3 is 0 Å². The van der Waals surface area contributed by atoms with E-state index in [2.05, 4.69) is 0 Å². The van der Waals surface area contributed by atoms with Crippen LogP contribution in [0.15, 0.2) is 0 Å². The maximum atomic E-state index is 11.4. The highest BCUT2D eigenvalue weighted by Crippen LogP contribution is 2.20. The summed E-state index contributed by atoms with van der Waals surface area (Å²) in [6.07, 6.45) is 1.33. The minimum Gasteiger partial charge on any atom is -0.394 e. The van der Waals surface area contributed by atoms with Gasteiger partial charge in [0.05, 0.1) is 18.8 Å². The van der Waals surface area contributed by atoms with Crippen molar-refractivity contribution in [3.63, 3.8) is 0 Å². The fourth-order valence-corrected chi connectivity index (χ4v) is 1.73. The Labute approximate surface area is 78.5 Å². The second-order valence-corrected chi connectivity index (χ2v) is 3.33. The zero-order chi connectivity index (χ0) is 9.84. The minimum absolute atomic E-state index is 0.0333. The van der Waals surface area contributed by atoms with E-state index < -0.39 is 0 Å². The van der Waals surface area contributed by atoms with Crippen molar-refractivity contribution >= 4 is 5.91 Å². The van der Waals surface area contributed by atoms with Gasteiger partial charge < -0.3 is 14.7 Å². The normalized spacial score (nSPS) is 28.1. The highest BCUT2D eigenvalue weighted by Gasteiger charge is 2.33. The predicted molar refractivity (Wildman–Crippen MR) is 48.3 cm³/mol. The van der Waals surface area contributed by atoms with Crippen LogP contribution in [0.5, 0.6) is 0 Å². The highest BCUT2D eigenvalue weighted by molar-refractivity contribution is 5.76. The number of hydrogen-bond donors (Lipinski definition) is 1. The summed E-state index contributed by atoms with van der Waals surface area (Å²) in [6.45, 7) is 2.48. The molecular formula is C9H17NO3. The van der Waals surface area contributed by atoms with E-state index in [0.717, 1.165) is 6.42 Å². The summed E-state index contributed by atoms with van der Waals surface area (Å²) >= 11 is 0. The molecule has 1 aliphatic heterocycles. The molecule has 0 radical (unpaired) electrons. The Hall–Kier alpha value is -0.610. The average Bonchev–Trinajstić information content (AvgIpc) is 2.59. The number of amides is 1. The average molecular weight is 187 g/mol. The number of hydrogen-bond acceptors (Lipinski definition) is 3. The Morgan fingerprint density at radius 2 is 2.38 bits per heavy atom. The first-order valence-corrected chi connectivity index (χ1v) is 4.66. The lowest BCUT2D eigenvalue weighted by Crippen LogP contribution is -2.37. The molecule has 13 heavy (non-hydrogen) atoms. The van der Waals surface area contributed by atoms with Crippen LogP contribution < -0.4 is 0 Å². The van der Waals surface area contributed by atoms with Crippen LogP contribution in [0.3, 0.4) is 0 Å². The molecule has 1 N–H and O–H groups in total. The van der Waals surface area contributed by atoms with Crippen LogP contribution in [0.1, 0.15) is 19.8 Å². The predicted octanol–water partition coefficient (Wildman–Crippen LogP) is 0.00460. The number of methoxy groups -OCH3 is 1. The van der Waals surface area contributed by atoms with E-state index in [0.29, 0.717) is 13.0 Å². The topological polar surface area (TPSA) is 49.8 Å². The van der Waals surface area contributed by atoms with E-state index in [1.54, 1.807) is 12.0 Å². The van der Waals surface area contributed by atoms with E-state index >= 15 is 0 Å². The maximum Gasteiger partial charge on any atom is 0.222 e. The molecule has 2 atom stereocenters. The van der Waals surface area contributed by atoms with Crippen LogP contribution >= 0.6 is 0 Å². The van der Waals surface area contributed by atoms with Crippen LogP contribution in [0.4, 0.5) is 0 Å². The molecular weight excluding hydrogens is 170 g/mol. The van der Waals surface area contributed by atoms with Gasteiger partial charge in [-0.15, -0.1) is 0 Å². The van der Waals surface area contributed by atoms with E-state index in [4.69, 9.17) is 9.84 Å². The van der Waals surface area contributed by atoms with Crippen LogP contribution in [-0.4, -0.2) is 48.3 Å². The molecule has 4 heteroatoms. The van der Waals surface area contributed by atoms with Gasteiger partial charge in [0, 0.05) is 20.1 Å². The summed E-state index contributed by atoms with van der Waals surface area (Å²) in [5.41, 5.74) is 0. The summed E-state index contributed by atoms with van der Waals surface area (Å²) in [6, 6.07) is -0.0441. The van der Waals surface area contributed by atoms with Gasteiger partial charge in [0.15, 0.2) is 0 Å². The van der Waals surface area contributed by atoms with Gasteiger partial charge in [-0.1, -0.05) is 6.92 Å². The number of nitrogens with zero attached hydrogens (tertiary/aromatic N) is 1. The van der Waals surface area contributed by atoms with E-state index in [-0.39, 0.29) is 24.7 Å². The van der Waals surface area contributed by atoms with Gasteiger partial charge in [-0.05, 0) is 6.42 Å². The first-order chi connectivity index (χ1) is 6.22. The summed E-state index contributed by atoms with van der Waals surface area (Å²) in [5.74, 6) is 0.0959. The molecule has 0 unspecified atom stereocenters. The summed E-state index contributed by atoms with van der Waals surface area (Å²) in [4.78, 5) is 13.1. The summed E-state index contributed by atoms with van der Waals surface area (Å²) in [5, 5.41) is 9.04. The van der Waals surface area contributed by atoms with Crippen molar-refractivity contribution < 1.29 is 14.6 Å². The zero-order valence-corrected chi connectivity index (χ0v) is 8.19. The third-order valence-electron chi connectivity index (χ3n) is 2.54. The third kappa shape index (κ3) is 2.19. The van der Waals surface area contributed by atoms with Gasteiger partial charge in [0.1, 0.15) is 0 Å². The van der Waals surface area contributed by atoms with Crippen molar-refractivity contribution in [2.24, 2.45) is 0 Å². The number of aliphatic hydroxyl groups is 1. The molecule has 0 saturated carbocycles. The molecule has 0 aromatic heterocycles. The molecule has 1 heterocycles. The van der Waals surface area contributed by atoms with Crippen LogP contribution in [0.25, 0.3) is 0 Å². The first-order valence-electron chi connectivity index (χ1n) is 4.66. The molecule has 76 valence electrons. The summed E-state index contributed by atoms with van der Waals surface area (Å²) < 4.78 is 5.16. The molecule has 1 amide bonds. The Morgan fingerprint density at radius 1 is 1.69 bits per heavy atom. The van der Waals surface area contributed by atoms with E-state index in [1.165, 1.54) is 0 Å². The van der Waals surface area contributed by atoms with Crippen LogP contribution in [-0.2, 0) is 9.53 Å². The quantitative estimate of drug-likeness (QED) is 0.677. The van der Waals surface area contributed by atoms with Gasteiger partial charge in [-0.3, -0.25) is 4.79 Å². The molecule has 1 aliphatic rings. The lowest BCUT2D eigenvalue weighted by Gasteiger charge is -2.21. The van der Waals surface area contributed by atoms with Crippen LogP contribution in [0, 0.1) is 0 Å². The van der Waals surface area contributed by atoms with Gasteiger partial charge in [0.25, 0.3) is 0 Å². The number of carbonyl (C=O) groups is 1. The second kappa shape index (κ2) is 4.58. The zero-order valence-electron chi connectivity index (χ0n) is 8.19. The highest BCUT2D eigenvalue weighted by atomic mass is 16.5. The van der Waals surface area contributed by atoms with Crippen LogP contribution in [0.2, 0.25) is 0 Å². The van der Waals surface area contributed by atoms with Crippen molar-refractivity contribution in [2.75, 3.05) is 20.3 Å². The Morgan fingerprint density at radius 3 is 2.85 bits per heavy atom. The number of rotatable bonds is 3. The standard InChI is InChI=1S/C9H17NO3/c1-3-9(12)10-5-8(13-2)4-7(10)6-11/h7-8,11H,3-6H2,1-2H3/t7-,8+/m1/s1. The largest absolute Gasteiger partial charge is 0.394 e. The van der Waals surface area contributed by atoms with Crippen molar-refractivity contribution in [1.29, 1.82) is 0 Å². The Balaban J connectivity index is 2.57. The smallest absolute Gasteiger partial charge is 0.222 e. The van der Waals surface area contributed by atoms with Crippen molar-refractivity contribution in [2.45, 2.75) is 31.9 Å². The number of likely N-dealkylation sites (tertiary alicyclic amines) is 1. The number of aliphatic hydroxyl groups excluding tert-OH is 1. The van der Waals surface area contributed by atoms with Gasteiger partial charge in [-0.25, -0.2) is 0 Å². The van der Waals surface area contributed by atoms with E-state index in [9.17, 15) is 4.79 Å². The lowest BCUT2D eigenvalue weighted by molar-refractivity contribution is -0.132. The van der Waals surface area contributed by atoms with Gasteiger partial charge in [-0.2, -0.15) is 0 Å².